The van der Waals surface area contributed by atoms with E-state index < -0.39 is 16.0 Å². The zero-order chi connectivity index (χ0) is 20.6. The van der Waals surface area contributed by atoms with Crippen LogP contribution in [0, 0.1) is 5.92 Å². The van der Waals surface area contributed by atoms with Crippen LogP contribution in [0.2, 0.25) is 0 Å². The summed E-state index contributed by atoms with van der Waals surface area (Å²) >= 11 is 0. The van der Waals surface area contributed by atoms with Crippen molar-refractivity contribution < 1.29 is 18.3 Å². The van der Waals surface area contributed by atoms with Gasteiger partial charge in [0.15, 0.2) is 0 Å². The normalized spacial score (nSPS) is 12.5. The first-order chi connectivity index (χ1) is 13.4. The molecule has 0 unspecified atom stereocenters. The zero-order valence-electron chi connectivity index (χ0n) is 16.5. The molecule has 0 amide bonds. The van der Waals surface area contributed by atoms with Gasteiger partial charge in [0.2, 0.25) is 0 Å². The van der Waals surface area contributed by atoms with Crippen molar-refractivity contribution in [3.8, 4) is 0 Å². The van der Waals surface area contributed by atoms with Gasteiger partial charge in [-0.3, -0.25) is 4.31 Å². The van der Waals surface area contributed by atoms with Crippen LogP contribution < -0.4 is 4.31 Å². The average molecular weight is 404 g/mol. The lowest BCUT2D eigenvalue weighted by Crippen LogP contribution is -2.32. The van der Waals surface area contributed by atoms with Crippen molar-refractivity contribution in [1.29, 1.82) is 0 Å². The molecule has 0 aliphatic carbocycles. The molecular weight excluding hydrogens is 374 g/mol. The van der Waals surface area contributed by atoms with Gasteiger partial charge >= 0.3 is 5.97 Å². The van der Waals surface area contributed by atoms with E-state index in [9.17, 15) is 13.2 Å². The van der Waals surface area contributed by atoms with Crippen LogP contribution in [-0.2, 0) is 10.0 Å². The molecule has 2 aromatic rings. The van der Waals surface area contributed by atoms with Crippen LogP contribution in [0.15, 0.2) is 59.5 Å². The van der Waals surface area contributed by atoms with Crippen LogP contribution in [0.25, 0.3) is 0 Å². The highest BCUT2D eigenvalue weighted by Crippen LogP contribution is 2.25. The summed E-state index contributed by atoms with van der Waals surface area (Å²) in [5, 5.41) is 9.09. The van der Waals surface area contributed by atoms with Gasteiger partial charge < -0.3 is 5.11 Å². The fraction of sp³-hybridized carbons (Fsp3) is 0.409. The predicted molar refractivity (Wildman–Crippen MR) is 112 cm³/mol. The highest BCUT2D eigenvalue weighted by molar-refractivity contribution is 7.92. The Labute approximate surface area is 168 Å². The molecular formula is C22H29NO4S. The number of aromatic carboxylic acids is 1. The Morgan fingerprint density at radius 2 is 1.61 bits per heavy atom. The molecule has 2 rings (SSSR count). The summed E-state index contributed by atoms with van der Waals surface area (Å²) in [6, 6.07) is 14.3. The summed E-state index contributed by atoms with van der Waals surface area (Å²) < 4.78 is 27.8. The first-order valence-corrected chi connectivity index (χ1v) is 11.2. The quantitative estimate of drug-likeness (QED) is 0.560. The summed E-state index contributed by atoms with van der Waals surface area (Å²) in [4.78, 5) is 11.3. The number of carbonyl (C=O) groups is 1. The number of anilines is 1. The van der Waals surface area contributed by atoms with Crippen molar-refractivity contribution >= 4 is 21.7 Å². The third kappa shape index (κ3) is 5.83. The second-order valence-electron chi connectivity index (χ2n) is 7.13. The minimum absolute atomic E-state index is 0.133. The Bertz CT molecular complexity index is 848. The summed E-state index contributed by atoms with van der Waals surface area (Å²) in [6.07, 6.45) is 5.19. The molecule has 0 spiro atoms. The summed E-state index contributed by atoms with van der Waals surface area (Å²) in [7, 11) is -3.72. The van der Waals surface area contributed by atoms with E-state index in [0.29, 0.717) is 18.2 Å². The maximum absolute atomic E-state index is 13.2. The van der Waals surface area contributed by atoms with Gasteiger partial charge in [0, 0.05) is 6.54 Å². The largest absolute Gasteiger partial charge is 0.478 e. The maximum Gasteiger partial charge on any atom is 0.335 e. The lowest BCUT2D eigenvalue weighted by atomic mass is 9.99. The Kier molecular flexibility index (Phi) is 8.05. The van der Waals surface area contributed by atoms with Crippen LogP contribution in [0.4, 0.5) is 5.69 Å². The topological polar surface area (TPSA) is 74.7 Å². The van der Waals surface area contributed by atoms with E-state index >= 15 is 0 Å². The van der Waals surface area contributed by atoms with E-state index in [1.54, 1.807) is 42.5 Å². The van der Waals surface area contributed by atoms with Gasteiger partial charge in [-0.15, -0.1) is 0 Å². The summed E-state index contributed by atoms with van der Waals surface area (Å²) in [5.41, 5.74) is 0.615. The second-order valence-corrected chi connectivity index (χ2v) is 8.99. The number of sulfonamides is 1. The lowest BCUT2D eigenvalue weighted by molar-refractivity contribution is 0.0697. The Hall–Kier alpha value is -2.34. The second kappa shape index (κ2) is 10.3. The molecule has 0 heterocycles. The van der Waals surface area contributed by atoms with Gasteiger partial charge in [0.05, 0.1) is 16.1 Å². The van der Waals surface area contributed by atoms with Crippen molar-refractivity contribution in [2.75, 3.05) is 10.8 Å². The van der Waals surface area contributed by atoms with Gasteiger partial charge in [-0.2, -0.15) is 0 Å². The number of benzene rings is 2. The van der Waals surface area contributed by atoms with E-state index in [1.807, 2.05) is 0 Å². The van der Waals surface area contributed by atoms with Crippen LogP contribution in [0.1, 0.15) is 56.3 Å². The monoisotopic (exact) mass is 403 g/mol. The average Bonchev–Trinajstić information content (AvgIpc) is 2.70. The van der Waals surface area contributed by atoms with Gasteiger partial charge in [-0.05, 0) is 55.2 Å². The molecule has 0 saturated heterocycles. The van der Waals surface area contributed by atoms with Crippen LogP contribution in [0.5, 0.6) is 0 Å². The number of rotatable bonds is 11. The molecule has 2 aromatic carbocycles. The molecule has 152 valence electrons. The highest BCUT2D eigenvalue weighted by Gasteiger charge is 2.24. The molecule has 0 fully saturated rings. The van der Waals surface area contributed by atoms with Crippen LogP contribution >= 0.6 is 0 Å². The van der Waals surface area contributed by atoms with Crippen molar-refractivity contribution in [2.24, 2.45) is 5.92 Å². The Balaban J connectivity index is 2.24. The minimum Gasteiger partial charge on any atom is -0.478 e. The third-order valence-corrected chi connectivity index (χ3v) is 6.68. The Morgan fingerprint density at radius 3 is 2.18 bits per heavy atom. The van der Waals surface area contributed by atoms with Gasteiger partial charge in [0.25, 0.3) is 10.0 Å². The first-order valence-electron chi connectivity index (χ1n) is 9.77. The van der Waals surface area contributed by atoms with Crippen LogP contribution in [-0.4, -0.2) is 26.0 Å². The van der Waals surface area contributed by atoms with Gasteiger partial charge in [-0.25, -0.2) is 13.2 Å². The Morgan fingerprint density at radius 1 is 1.00 bits per heavy atom. The first kappa shape index (κ1) is 22.0. The van der Waals surface area contributed by atoms with Crippen molar-refractivity contribution in [3.05, 3.63) is 60.2 Å². The van der Waals surface area contributed by atoms with E-state index in [-0.39, 0.29) is 10.5 Å². The van der Waals surface area contributed by atoms with Crippen LogP contribution in [0.3, 0.4) is 0 Å². The summed E-state index contributed by atoms with van der Waals surface area (Å²) in [6.45, 7) is 4.73. The maximum atomic E-state index is 13.2. The van der Waals surface area contributed by atoms with E-state index in [1.165, 1.54) is 22.9 Å². The van der Waals surface area contributed by atoms with E-state index in [2.05, 4.69) is 13.8 Å². The number of carboxylic acid groups (broad SMARTS) is 1. The van der Waals surface area contributed by atoms with Crippen molar-refractivity contribution in [1.82, 2.24) is 0 Å². The van der Waals surface area contributed by atoms with Crippen molar-refractivity contribution in [2.45, 2.75) is 50.8 Å². The van der Waals surface area contributed by atoms with E-state index in [4.69, 9.17) is 5.11 Å². The number of hydrogen-bond donors (Lipinski definition) is 1. The van der Waals surface area contributed by atoms with Gasteiger partial charge in [0.1, 0.15) is 0 Å². The molecule has 28 heavy (non-hydrogen) atoms. The molecule has 6 heteroatoms. The predicted octanol–water partition coefficient (Wildman–Crippen LogP) is 5.19. The molecule has 0 aliphatic heterocycles. The zero-order valence-corrected chi connectivity index (χ0v) is 17.4. The molecule has 1 atom stereocenters. The highest BCUT2D eigenvalue weighted by atomic mass is 32.2. The number of hydrogen-bond acceptors (Lipinski definition) is 3. The standard InChI is InChI=1S/C22H29NO4S/c1-3-4-9-18(2)10-8-17-23(20-15-13-19(14-16-20)22(24)25)28(26,27)21-11-6-5-7-12-21/h5-7,11-16,18H,3-4,8-10,17H2,1-2H3,(H,24,25)/t18-/m0/s1. The number of nitrogens with zero attached hydrogens (tertiary/aromatic N) is 1. The number of unbranched alkanes of at least 4 members (excludes halogenated alkanes) is 1. The summed E-state index contributed by atoms with van der Waals surface area (Å²) in [5.74, 6) is -0.482. The molecule has 5 nitrogen and oxygen atoms in total. The number of carboxylic acids is 1. The fourth-order valence-electron chi connectivity index (χ4n) is 3.16. The minimum atomic E-state index is -3.72. The molecule has 0 aliphatic rings. The third-order valence-electron chi connectivity index (χ3n) is 4.84. The van der Waals surface area contributed by atoms with Crippen molar-refractivity contribution in [3.63, 3.8) is 0 Å². The molecule has 0 saturated carbocycles. The lowest BCUT2D eigenvalue weighted by Gasteiger charge is -2.25. The molecule has 0 bridgehead atoms. The molecule has 0 aromatic heterocycles. The molecule has 1 N–H and O–H groups in total. The molecule has 0 radical (unpaired) electrons. The van der Waals surface area contributed by atoms with E-state index in [0.717, 1.165) is 25.7 Å². The van der Waals surface area contributed by atoms with Gasteiger partial charge in [-0.1, -0.05) is 51.3 Å². The fourth-order valence-corrected chi connectivity index (χ4v) is 4.68. The smallest absolute Gasteiger partial charge is 0.335 e. The SMILES string of the molecule is CCCC[C@H](C)CCCN(c1ccc(C(=O)O)cc1)S(=O)(=O)c1ccccc1.